The van der Waals surface area contributed by atoms with E-state index in [0.29, 0.717) is 0 Å². The van der Waals surface area contributed by atoms with E-state index in [0.717, 1.165) is 31.2 Å². The summed E-state index contributed by atoms with van der Waals surface area (Å²) in [5, 5.41) is 91.9. The molecule has 0 saturated carbocycles. The van der Waals surface area contributed by atoms with E-state index in [2.05, 4.69) is 0 Å². The molecular formula is C29H32O17. The molecule has 9 N–H and O–H groups in total. The summed E-state index contributed by atoms with van der Waals surface area (Å²) in [6, 6.07) is 5.20. The Bertz CT molecular complexity index is 1650. The minimum atomic E-state index is -1.92. The Balaban J connectivity index is 1.53. The zero-order valence-corrected chi connectivity index (χ0v) is 24.2. The SMILES string of the molecule is CC(=O)OC1[C@H](Oc2c(-c3ccc(O)c(O)c3)oc3cc(O)cc(O)c3c2=O)OC(CO[C@@H]2OC(C)[C@H](O)C(O)[C@@H]2O)[C@@H](O)[C@@H]1O. The molecule has 17 heteroatoms. The zero-order valence-electron chi connectivity index (χ0n) is 24.2. The van der Waals surface area contributed by atoms with Gasteiger partial charge < -0.3 is 74.1 Å². The van der Waals surface area contributed by atoms with E-state index in [1.807, 2.05) is 0 Å². The Labute approximate surface area is 258 Å². The maximum absolute atomic E-state index is 13.8. The predicted molar refractivity (Wildman–Crippen MR) is 150 cm³/mol. The lowest BCUT2D eigenvalue weighted by molar-refractivity contribution is -0.319. The molecule has 46 heavy (non-hydrogen) atoms. The van der Waals surface area contributed by atoms with E-state index in [1.165, 1.54) is 13.0 Å². The highest BCUT2D eigenvalue weighted by Crippen LogP contribution is 2.39. The van der Waals surface area contributed by atoms with Crippen LogP contribution in [0.25, 0.3) is 22.3 Å². The normalized spacial score (nSPS) is 31.5. The Hall–Kier alpha value is -4.20. The lowest BCUT2D eigenvalue weighted by atomic mass is 9.98. The second-order valence-electron chi connectivity index (χ2n) is 10.9. The first-order valence-electron chi connectivity index (χ1n) is 13.9. The van der Waals surface area contributed by atoms with Crippen molar-refractivity contribution in [1.82, 2.24) is 0 Å². The number of carbonyl (C=O) groups is 1. The van der Waals surface area contributed by atoms with Gasteiger partial charge in [-0.2, -0.15) is 0 Å². The van der Waals surface area contributed by atoms with Crippen molar-refractivity contribution in [2.24, 2.45) is 0 Å². The largest absolute Gasteiger partial charge is 0.508 e. The molecule has 5 rings (SSSR count). The molecular weight excluding hydrogens is 620 g/mol. The number of fused-ring (bicyclic) bond motifs is 1. The molecule has 250 valence electrons. The Kier molecular flexibility index (Phi) is 9.30. The van der Waals surface area contributed by atoms with Crippen LogP contribution in [0.5, 0.6) is 28.7 Å². The first-order chi connectivity index (χ1) is 21.7. The van der Waals surface area contributed by atoms with Crippen LogP contribution < -0.4 is 10.2 Å². The molecule has 0 aliphatic carbocycles. The van der Waals surface area contributed by atoms with Crippen LogP contribution in [0.1, 0.15) is 13.8 Å². The highest BCUT2D eigenvalue weighted by Gasteiger charge is 2.50. The van der Waals surface area contributed by atoms with Crippen molar-refractivity contribution < 1.29 is 78.9 Å². The lowest BCUT2D eigenvalue weighted by Gasteiger charge is -2.43. The summed E-state index contributed by atoms with van der Waals surface area (Å²) in [5.74, 6) is -4.37. The van der Waals surface area contributed by atoms with Crippen LogP contribution in [-0.2, 0) is 23.7 Å². The third-order valence-electron chi connectivity index (χ3n) is 7.57. The number of esters is 1. The van der Waals surface area contributed by atoms with Crippen molar-refractivity contribution in [2.45, 2.75) is 75.3 Å². The number of aliphatic hydroxyl groups is 5. The summed E-state index contributed by atoms with van der Waals surface area (Å²) in [7, 11) is 0. The molecule has 2 fully saturated rings. The highest BCUT2D eigenvalue weighted by molar-refractivity contribution is 5.88. The number of carbonyl (C=O) groups excluding carboxylic acids is 1. The van der Waals surface area contributed by atoms with Gasteiger partial charge in [0.1, 0.15) is 59.1 Å². The van der Waals surface area contributed by atoms with Crippen LogP contribution in [-0.4, -0.2) is 120 Å². The number of phenolic OH excluding ortho intramolecular Hbond substituents is 4. The maximum atomic E-state index is 13.8. The number of phenols is 4. The van der Waals surface area contributed by atoms with Gasteiger partial charge >= 0.3 is 5.97 Å². The third kappa shape index (κ3) is 6.26. The van der Waals surface area contributed by atoms with E-state index in [4.69, 9.17) is 28.1 Å². The molecule has 10 atom stereocenters. The summed E-state index contributed by atoms with van der Waals surface area (Å²) < 4.78 is 33.4. The average Bonchev–Trinajstić information content (AvgIpc) is 2.99. The molecule has 2 saturated heterocycles. The molecule has 0 radical (unpaired) electrons. The third-order valence-corrected chi connectivity index (χ3v) is 7.57. The minimum absolute atomic E-state index is 0.0502. The van der Waals surface area contributed by atoms with Crippen LogP contribution in [0, 0.1) is 0 Å². The van der Waals surface area contributed by atoms with Crippen molar-refractivity contribution in [2.75, 3.05) is 6.61 Å². The standard InChI is InChI=1S/C29H32O17/c1-9-19(35)22(38)24(40)28(42-9)41-8-17-20(36)23(39)27(43-10(2)30)29(45-17)46-26-21(37)18-15(34)6-12(31)7-16(18)44-25(26)11-3-4-13(32)14(33)5-11/h3-7,9,17,19-20,22-24,27-29,31-36,38-40H,8H2,1-2H3/t9?,17?,19-,20+,22?,23-,24-,27?,28+,29-/m0/s1. The molecule has 2 aliphatic heterocycles. The number of hydrogen-bond donors (Lipinski definition) is 9. The fourth-order valence-electron chi connectivity index (χ4n) is 5.14. The number of aromatic hydroxyl groups is 4. The van der Waals surface area contributed by atoms with E-state index in [1.54, 1.807) is 0 Å². The number of aliphatic hydroxyl groups excluding tert-OH is 5. The summed E-state index contributed by atoms with van der Waals surface area (Å²) in [5.41, 5.74) is -1.40. The summed E-state index contributed by atoms with van der Waals surface area (Å²) in [6.07, 6.45) is -16.1. The quantitative estimate of drug-likeness (QED) is 0.108. The molecule has 0 bridgehead atoms. The van der Waals surface area contributed by atoms with Crippen molar-refractivity contribution in [3.8, 4) is 40.1 Å². The number of hydrogen-bond acceptors (Lipinski definition) is 17. The van der Waals surface area contributed by atoms with Gasteiger partial charge in [0, 0.05) is 24.6 Å². The number of rotatable bonds is 7. The molecule has 0 amide bonds. The lowest BCUT2D eigenvalue weighted by Crippen LogP contribution is -2.62. The van der Waals surface area contributed by atoms with Gasteiger partial charge in [-0.15, -0.1) is 0 Å². The van der Waals surface area contributed by atoms with Crippen LogP contribution in [0.3, 0.4) is 0 Å². The summed E-state index contributed by atoms with van der Waals surface area (Å²) >= 11 is 0. The maximum Gasteiger partial charge on any atom is 0.303 e. The molecule has 1 aromatic heterocycles. The van der Waals surface area contributed by atoms with Crippen molar-refractivity contribution in [3.05, 3.63) is 40.6 Å². The Morgan fingerprint density at radius 3 is 2.22 bits per heavy atom. The number of benzene rings is 2. The van der Waals surface area contributed by atoms with Crippen LogP contribution >= 0.6 is 0 Å². The molecule has 3 aromatic rings. The van der Waals surface area contributed by atoms with Gasteiger partial charge in [-0.05, 0) is 25.1 Å². The summed E-state index contributed by atoms with van der Waals surface area (Å²) in [4.78, 5) is 25.7. The highest BCUT2D eigenvalue weighted by atomic mass is 16.7. The Morgan fingerprint density at radius 2 is 1.54 bits per heavy atom. The van der Waals surface area contributed by atoms with Crippen LogP contribution in [0.15, 0.2) is 39.5 Å². The molecule has 0 spiro atoms. The minimum Gasteiger partial charge on any atom is -0.508 e. The van der Waals surface area contributed by atoms with Crippen molar-refractivity contribution in [1.29, 1.82) is 0 Å². The Morgan fingerprint density at radius 1 is 0.826 bits per heavy atom. The monoisotopic (exact) mass is 652 g/mol. The number of ether oxygens (including phenoxy) is 5. The predicted octanol–water partition coefficient (Wildman–Crippen LogP) is -1.12. The van der Waals surface area contributed by atoms with Gasteiger partial charge in [0.05, 0.1) is 12.7 Å². The molecule has 3 heterocycles. The second-order valence-corrected chi connectivity index (χ2v) is 10.9. The van der Waals surface area contributed by atoms with Gasteiger partial charge in [-0.25, -0.2) is 0 Å². The topological polar surface area (TPSA) is 275 Å². The smallest absolute Gasteiger partial charge is 0.303 e. The van der Waals surface area contributed by atoms with Crippen LogP contribution in [0.4, 0.5) is 0 Å². The second kappa shape index (κ2) is 12.9. The van der Waals surface area contributed by atoms with Gasteiger partial charge in [0.2, 0.25) is 17.5 Å². The van der Waals surface area contributed by atoms with Gasteiger partial charge in [0.25, 0.3) is 0 Å². The van der Waals surface area contributed by atoms with Gasteiger partial charge in [0.15, 0.2) is 29.7 Å². The fraction of sp³-hybridized carbons (Fsp3) is 0.448. The fourth-order valence-corrected chi connectivity index (χ4v) is 5.14. The first-order valence-corrected chi connectivity index (χ1v) is 13.9. The van der Waals surface area contributed by atoms with E-state index in [-0.39, 0.29) is 11.1 Å². The molecule has 2 aliphatic rings. The van der Waals surface area contributed by atoms with Gasteiger partial charge in [-0.3, -0.25) is 9.59 Å². The zero-order chi connectivity index (χ0) is 33.6. The van der Waals surface area contributed by atoms with E-state index >= 15 is 0 Å². The average molecular weight is 653 g/mol. The van der Waals surface area contributed by atoms with Gasteiger partial charge in [-0.1, -0.05) is 0 Å². The van der Waals surface area contributed by atoms with Crippen LogP contribution in [0.2, 0.25) is 0 Å². The van der Waals surface area contributed by atoms with E-state index < -0.39 is 119 Å². The van der Waals surface area contributed by atoms with Crippen molar-refractivity contribution >= 4 is 16.9 Å². The summed E-state index contributed by atoms with van der Waals surface area (Å²) in [6.45, 7) is 1.78. The van der Waals surface area contributed by atoms with Crippen molar-refractivity contribution in [3.63, 3.8) is 0 Å². The van der Waals surface area contributed by atoms with E-state index in [9.17, 15) is 55.5 Å². The molecule has 2 aromatic carbocycles. The molecule has 4 unspecified atom stereocenters. The molecule has 17 nitrogen and oxygen atoms in total. The first kappa shape index (κ1) is 33.2.